The molecule has 4 fully saturated rings. The van der Waals surface area contributed by atoms with Crippen LogP contribution < -0.4 is 11.5 Å². The molecule has 4 bridgehead atoms. The Morgan fingerprint density at radius 3 is 0.673 bits per heavy atom. The summed E-state index contributed by atoms with van der Waals surface area (Å²) in [6.45, 7) is 0. The van der Waals surface area contributed by atoms with Crippen molar-refractivity contribution < 1.29 is 141 Å². The second kappa shape index (κ2) is 9.57. The van der Waals surface area contributed by atoms with Gasteiger partial charge < -0.3 is 0 Å². The normalized spacial score (nSPS) is 37.4. The van der Waals surface area contributed by atoms with Gasteiger partial charge in [0, 0.05) is 0 Å². The number of hydrogen-bond donors (Lipinski definition) is 2. The van der Waals surface area contributed by atoms with Gasteiger partial charge in [0.1, 0.15) is 0 Å². The molecule has 2 atom stereocenters. The quantitative estimate of drug-likeness (QED) is 0.195. The van der Waals surface area contributed by atoms with E-state index in [0.29, 0.717) is 0 Å². The zero-order chi connectivity index (χ0) is 42.4. The molecule has 0 radical (unpaired) electrons. The van der Waals surface area contributed by atoms with E-state index in [1.807, 2.05) is 0 Å². The first kappa shape index (κ1) is 44.1. The fourth-order valence-corrected chi connectivity index (χ4v) is 5.52. The molecule has 0 aromatic heterocycles. The van der Waals surface area contributed by atoms with Crippen LogP contribution in [0.4, 0.5) is 132 Å². The Bertz CT molecular complexity index is 1350. The second-order valence-corrected chi connectivity index (χ2v) is 10.9. The first-order chi connectivity index (χ1) is 21.9. The lowest BCUT2D eigenvalue weighted by Gasteiger charge is -2.76. The van der Waals surface area contributed by atoms with Crippen molar-refractivity contribution in [3.8, 4) is 0 Å². The van der Waals surface area contributed by atoms with Crippen molar-refractivity contribution in [2.75, 3.05) is 0 Å². The Balaban J connectivity index is 2.71. The largest absolute Gasteiger partial charge is 0.458 e. The summed E-state index contributed by atoms with van der Waals surface area (Å²) in [5, 5.41) is 0. The highest BCUT2D eigenvalue weighted by Crippen LogP contribution is 2.89. The fourth-order valence-electron chi connectivity index (χ4n) is 5.52. The van der Waals surface area contributed by atoms with Gasteiger partial charge in [-0.1, -0.05) is 0 Å². The van der Waals surface area contributed by atoms with Gasteiger partial charge in [0.15, 0.2) is 0 Å². The van der Waals surface area contributed by atoms with Crippen molar-refractivity contribution in [1.82, 2.24) is 0 Å². The van der Waals surface area contributed by atoms with Crippen LogP contribution in [0.2, 0.25) is 0 Å². The van der Waals surface area contributed by atoms with E-state index in [1.54, 1.807) is 0 Å². The Morgan fingerprint density at radius 2 is 0.500 bits per heavy atom. The molecule has 4 aliphatic carbocycles. The van der Waals surface area contributed by atoms with Crippen LogP contribution in [0.15, 0.2) is 0 Å². The molecule has 4 nitrogen and oxygen atoms in total. The van der Waals surface area contributed by atoms with Gasteiger partial charge in [-0.3, -0.25) is 20.9 Å². The average molecular weight is 850 g/mol. The molecular formula is C18H4F30N2O2. The highest BCUT2D eigenvalue weighted by molar-refractivity contribution is 5.55. The minimum Gasteiger partial charge on any atom is -0.290 e. The molecule has 0 aliphatic heterocycles. The molecule has 34 heteroatoms. The van der Waals surface area contributed by atoms with E-state index in [2.05, 4.69) is 11.5 Å². The van der Waals surface area contributed by atoms with Crippen LogP contribution in [0.5, 0.6) is 0 Å². The Hall–Kier alpha value is -2.26. The smallest absolute Gasteiger partial charge is 0.290 e. The van der Waals surface area contributed by atoms with E-state index in [9.17, 15) is 79.0 Å². The Kier molecular flexibility index (Phi) is 8.12. The van der Waals surface area contributed by atoms with Crippen LogP contribution in [0, 0.1) is 0 Å². The predicted octanol–water partition coefficient (Wildman–Crippen LogP) is 7.60. The van der Waals surface area contributed by atoms with Crippen LogP contribution in [-0.2, 0) is 9.47 Å². The minimum absolute atomic E-state index is 1.37. The van der Waals surface area contributed by atoms with Crippen molar-refractivity contribution >= 4 is 0 Å². The van der Waals surface area contributed by atoms with Gasteiger partial charge in [-0.25, -0.2) is 17.6 Å². The molecule has 4 saturated carbocycles. The molecule has 0 aromatic carbocycles. The molecule has 2 unspecified atom stereocenters. The lowest BCUT2D eigenvalue weighted by atomic mass is 9.39. The summed E-state index contributed by atoms with van der Waals surface area (Å²) in [6.07, 6.45) is -34.1. The zero-order valence-electron chi connectivity index (χ0n) is 22.3. The number of ether oxygens (including phenoxy) is 2. The third kappa shape index (κ3) is 3.54. The molecule has 0 spiro atoms. The number of halogens is 30. The molecule has 52 heavy (non-hydrogen) atoms. The van der Waals surface area contributed by atoms with Gasteiger partial charge in [0.2, 0.25) is 0 Å². The van der Waals surface area contributed by atoms with Gasteiger partial charge in [-0.2, -0.15) is 114 Å². The first-order valence-corrected chi connectivity index (χ1v) is 11.6. The van der Waals surface area contributed by atoms with Gasteiger partial charge in [-0.05, 0) is 0 Å². The summed E-state index contributed by atoms with van der Waals surface area (Å²) in [4.78, 5) is 0. The molecule has 0 aromatic rings. The molecule has 0 saturated heterocycles. The van der Waals surface area contributed by atoms with Gasteiger partial charge in [0.05, 0.1) is 0 Å². The van der Waals surface area contributed by atoms with Crippen LogP contribution in [0.3, 0.4) is 0 Å². The van der Waals surface area contributed by atoms with E-state index in [4.69, 9.17) is 0 Å². The molecule has 4 rings (SSSR count). The van der Waals surface area contributed by atoms with Crippen LogP contribution in [0.1, 0.15) is 0 Å². The Labute approximate surface area is 260 Å². The molecular weight excluding hydrogens is 846 g/mol. The summed E-state index contributed by atoms with van der Waals surface area (Å²) in [7, 11) is 0. The summed E-state index contributed by atoms with van der Waals surface area (Å²) < 4.78 is 433. The highest BCUT2D eigenvalue weighted by atomic mass is 19.4. The number of rotatable bonds is 8. The van der Waals surface area contributed by atoms with Gasteiger partial charge >= 0.3 is 94.9 Å². The summed E-state index contributed by atoms with van der Waals surface area (Å²) >= 11 is 0. The second-order valence-electron chi connectivity index (χ2n) is 10.9. The van der Waals surface area contributed by atoms with Crippen LogP contribution in [0.25, 0.3) is 0 Å². The van der Waals surface area contributed by atoms with Crippen molar-refractivity contribution in [2.45, 2.75) is 106 Å². The molecule has 4 aliphatic rings. The van der Waals surface area contributed by atoms with Crippen LogP contribution in [-0.4, -0.2) is 106 Å². The fraction of sp³-hybridized carbons (Fsp3) is 1.00. The molecule has 0 amide bonds. The zero-order valence-corrected chi connectivity index (χ0v) is 22.3. The number of alkyl halides is 30. The van der Waals surface area contributed by atoms with E-state index in [1.165, 1.54) is 9.47 Å². The maximum atomic E-state index is 15.7. The molecule has 0 heterocycles. The predicted molar refractivity (Wildman–Crippen MR) is 92.9 cm³/mol. The third-order valence-corrected chi connectivity index (χ3v) is 8.28. The lowest BCUT2D eigenvalue weighted by molar-refractivity contribution is -0.655. The molecule has 4 N–H and O–H groups in total. The van der Waals surface area contributed by atoms with Gasteiger partial charge in [0.25, 0.3) is 11.2 Å². The van der Waals surface area contributed by atoms with E-state index >= 15 is 52.7 Å². The van der Waals surface area contributed by atoms with E-state index in [0.717, 1.165) is 0 Å². The number of hydrogen-bond acceptors (Lipinski definition) is 4. The van der Waals surface area contributed by atoms with Crippen molar-refractivity contribution in [3.05, 3.63) is 0 Å². The monoisotopic (exact) mass is 850 g/mol. The highest BCUT2D eigenvalue weighted by Gasteiger charge is 3.24. The van der Waals surface area contributed by atoms with E-state index < -0.39 is 106 Å². The average Bonchev–Trinajstić information content (AvgIpc) is 2.88. The summed E-state index contributed by atoms with van der Waals surface area (Å²) in [5.41, 5.74) is -31.2. The Morgan fingerprint density at radius 1 is 0.308 bits per heavy atom. The topological polar surface area (TPSA) is 70.5 Å². The maximum absolute atomic E-state index is 15.7. The maximum Gasteiger partial charge on any atom is 0.458 e. The number of nitrogens with two attached hydrogens (primary N) is 2. The SMILES string of the molecule is NC(F)(C(F)(F)OC12C(F)(F)C3(F)C(F)(F)C(F)(C1(F)F)C(F)(F)C(OC(F)(F)C(N)(F)C(F)(F)C(F)(F)F)(C3(F)F)C2(F)F)C(F)(F)C(F)(F)F. The van der Waals surface area contributed by atoms with Crippen molar-refractivity contribution in [1.29, 1.82) is 0 Å². The third-order valence-electron chi connectivity index (χ3n) is 8.28. The minimum atomic E-state index is -9.71. The molecule has 308 valence electrons. The summed E-state index contributed by atoms with van der Waals surface area (Å²) in [5.74, 6) is -89.8. The standard InChI is InChI=1S/C18H4F30N2O2/c19-1-5(21,22)2(20)8(27,28)3(6(1,23)24,51-17(45,46)13(37,49)11(33,34)15(39,40)41)10(31,32)4(7(1,25)26,9(2,29)30)52-18(47,48)14(38,50)12(35,36)16(42,43)44/h49-50H2. The summed E-state index contributed by atoms with van der Waals surface area (Å²) in [6, 6.07) is 0. The van der Waals surface area contributed by atoms with Crippen molar-refractivity contribution in [2.24, 2.45) is 11.5 Å². The van der Waals surface area contributed by atoms with Crippen LogP contribution >= 0.6 is 0 Å². The van der Waals surface area contributed by atoms with Crippen molar-refractivity contribution in [3.63, 3.8) is 0 Å². The van der Waals surface area contributed by atoms with E-state index in [-0.39, 0.29) is 0 Å². The lowest BCUT2D eigenvalue weighted by Crippen LogP contribution is -3.11. The van der Waals surface area contributed by atoms with Gasteiger partial charge in [-0.15, -0.1) is 0 Å². The first-order valence-electron chi connectivity index (χ1n) is 11.6.